The number of carbonyl (C=O) groups excluding carboxylic acids is 1. The van der Waals surface area contributed by atoms with E-state index in [0.29, 0.717) is 57.4 Å². The van der Waals surface area contributed by atoms with Gasteiger partial charge in [-0.3, -0.25) is 14.7 Å². The van der Waals surface area contributed by atoms with Gasteiger partial charge in [0.15, 0.2) is 5.96 Å². The van der Waals surface area contributed by atoms with Crippen LogP contribution in [0.25, 0.3) is 0 Å². The van der Waals surface area contributed by atoms with Gasteiger partial charge in [0, 0.05) is 44.7 Å². The Morgan fingerprint density at radius 3 is 2.60 bits per heavy atom. The van der Waals surface area contributed by atoms with Crippen molar-refractivity contribution in [3.8, 4) is 0 Å². The number of nitrogens with one attached hydrogen (secondary N) is 3. The van der Waals surface area contributed by atoms with Gasteiger partial charge in [-0.1, -0.05) is 0 Å². The van der Waals surface area contributed by atoms with Crippen LogP contribution >= 0.6 is 0 Å². The lowest BCUT2D eigenvalue weighted by molar-refractivity contribution is -0.143. The minimum Gasteiger partial charge on any atom is -0.357 e. The summed E-state index contributed by atoms with van der Waals surface area (Å²) in [4.78, 5) is 17.4. The van der Waals surface area contributed by atoms with E-state index in [0.717, 1.165) is 12.8 Å². The fourth-order valence-corrected chi connectivity index (χ4v) is 2.82. The lowest BCUT2D eigenvalue weighted by Gasteiger charge is -2.19. The fraction of sp³-hybridized carbons (Fsp3) is 0.875. The summed E-state index contributed by atoms with van der Waals surface area (Å²) in [5.74, 6) is 0.665. The molecule has 2 aliphatic rings. The number of aliphatic imine (C=N–C) groups is 1. The van der Waals surface area contributed by atoms with E-state index in [4.69, 9.17) is 0 Å². The summed E-state index contributed by atoms with van der Waals surface area (Å²) >= 11 is 0. The predicted molar refractivity (Wildman–Crippen MR) is 90.4 cm³/mol. The summed E-state index contributed by atoms with van der Waals surface area (Å²) in [6.45, 7) is 3.03. The fourth-order valence-electron chi connectivity index (χ4n) is 2.82. The maximum Gasteiger partial charge on any atom is 0.401 e. The number of rotatable bonds is 8. The molecule has 2 rings (SSSR count). The number of guanidine groups is 1. The average molecular weight is 363 g/mol. The Labute approximate surface area is 146 Å². The first-order valence-electron chi connectivity index (χ1n) is 8.99. The first-order valence-corrected chi connectivity index (χ1v) is 8.99. The summed E-state index contributed by atoms with van der Waals surface area (Å²) in [6.07, 6.45) is -0.253. The molecule has 0 aromatic carbocycles. The van der Waals surface area contributed by atoms with E-state index in [1.165, 1.54) is 4.90 Å². The van der Waals surface area contributed by atoms with Gasteiger partial charge in [-0.2, -0.15) is 13.2 Å². The molecule has 0 aromatic heterocycles. The zero-order chi connectivity index (χ0) is 18.3. The van der Waals surface area contributed by atoms with Crippen LogP contribution in [-0.2, 0) is 4.79 Å². The number of halogens is 3. The van der Waals surface area contributed by atoms with Gasteiger partial charge in [0.25, 0.3) is 0 Å². The van der Waals surface area contributed by atoms with E-state index >= 15 is 0 Å². The molecule has 9 heteroatoms. The van der Waals surface area contributed by atoms with E-state index in [-0.39, 0.29) is 11.9 Å². The molecule has 2 fully saturated rings. The van der Waals surface area contributed by atoms with Crippen LogP contribution < -0.4 is 16.0 Å². The standard InChI is InChI=1S/C16H28F3N5O/c1-2-20-15(21-8-3-4-14(25)22-12-5-6-12)23-13-7-9-24(10-13)11-16(17,18)19/h12-13H,2-11H2,1H3,(H,22,25)(H2,20,21,23). The third-order valence-corrected chi connectivity index (χ3v) is 4.13. The molecule has 0 spiro atoms. The lowest BCUT2D eigenvalue weighted by atomic mass is 10.2. The van der Waals surface area contributed by atoms with Crippen LogP contribution in [0.2, 0.25) is 0 Å². The molecule has 1 aliphatic carbocycles. The van der Waals surface area contributed by atoms with Gasteiger partial charge >= 0.3 is 6.18 Å². The van der Waals surface area contributed by atoms with Crippen molar-refractivity contribution < 1.29 is 18.0 Å². The Morgan fingerprint density at radius 1 is 1.20 bits per heavy atom. The monoisotopic (exact) mass is 363 g/mol. The number of likely N-dealkylation sites (tertiary alicyclic amines) is 1. The molecule has 6 nitrogen and oxygen atoms in total. The summed E-state index contributed by atoms with van der Waals surface area (Å²) < 4.78 is 37.3. The van der Waals surface area contributed by atoms with E-state index in [1.54, 1.807) is 0 Å². The number of hydrogen-bond donors (Lipinski definition) is 3. The Morgan fingerprint density at radius 2 is 1.96 bits per heavy atom. The highest BCUT2D eigenvalue weighted by Gasteiger charge is 2.34. The van der Waals surface area contributed by atoms with E-state index in [9.17, 15) is 18.0 Å². The van der Waals surface area contributed by atoms with E-state index in [1.807, 2.05) is 6.92 Å². The normalized spacial score (nSPS) is 22.1. The molecule has 1 saturated heterocycles. The van der Waals surface area contributed by atoms with Crippen molar-refractivity contribution in [3.63, 3.8) is 0 Å². The number of hydrogen-bond acceptors (Lipinski definition) is 3. The highest BCUT2D eigenvalue weighted by atomic mass is 19.4. The van der Waals surface area contributed by atoms with Crippen LogP contribution in [0.1, 0.15) is 39.0 Å². The zero-order valence-electron chi connectivity index (χ0n) is 14.7. The van der Waals surface area contributed by atoms with Crippen LogP contribution in [0.3, 0.4) is 0 Å². The van der Waals surface area contributed by atoms with Gasteiger partial charge < -0.3 is 16.0 Å². The molecule has 3 N–H and O–H groups in total. The van der Waals surface area contributed by atoms with E-state index < -0.39 is 12.7 Å². The van der Waals surface area contributed by atoms with Crippen molar-refractivity contribution in [1.29, 1.82) is 0 Å². The first kappa shape index (κ1) is 19.8. The number of alkyl halides is 3. The van der Waals surface area contributed by atoms with Crippen molar-refractivity contribution >= 4 is 11.9 Å². The van der Waals surface area contributed by atoms with Crippen molar-refractivity contribution in [3.05, 3.63) is 0 Å². The molecule has 1 unspecified atom stereocenters. The van der Waals surface area contributed by atoms with Gasteiger partial charge in [-0.25, -0.2) is 0 Å². The van der Waals surface area contributed by atoms with Crippen LogP contribution in [-0.4, -0.2) is 67.8 Å². The van der Waals surface area contributed by atoms with Gasteiger partial charge in [-0.15, -0.1) is 0 Å². The summed E-state index contributed by atoms with van der Waals surface area (Å²) in [6, 6.07) is 0.329. The van der Waals surface area contributed by atoms with Crippen LogP contribution in [0.4, 0.5) is 13.2 Å². The molecular formula is C16H28F3N5O. The molecule has 1 aliphatic heterocycles. The van der Waals surface area contributed by atoms with Gasteiger partial charge in [0.2, 0.25) is 5.91 Å². The smallest absolute Gasteiger partial charge is 0.357 e. The zero-order valence-corrected chi connectivity index (χ0v) is 14.7. The molecule has 1 saturated carbocycles. The molecule has 1 amide bonds. The first-order chi connectivity index (χ1) is 11.9. The number of amides is 1. The van der Waals surface area contributed by atoms with Crippen molar-refractivity contribution in [2.24, 2.45) is 4.99 Å². The second-order valence-electron chi connectivity index (χ2n) is 6.69. The maximum absolute atomic E-state index is 12.4. The third kappa shape index (κ3) is 8.42. The topological polar surface area (TPSA) is 68.8 Å². The Kier molecular flexibility index (Phi) is 7.34. The minimum absolute atomic E-state index is 0.0432. The highest BCUT2D eigenvalue weighted by Crippen LogP contribution is 2.20. The molecule has 0 bridgehead atoms. The van der Waals surface area contributed by atoms with Crippen LogP contribution in [0, 0.1) is 0 Å². The van der Waals surface area contributed by atoms with Gasteiger partial charge in [0.05, 0.1) is 6.54 Å². The van der Waals surface area contributed by atoms with Crippen molar-refractivity contribution in [2.75, 3.05) is 32.7 Å². The SMILES string of the molecule is CCNC(=NCCCC(=O)NC1CC1)NC1CCN(CC(F)(F)F)C1. The molecule has 25 heavy (non-hydrogen) atoms. The quantitative estimate of drug-likeness (QED) is 0.345. The van der Waals surface area contributed by atoms with Gasteiger partial charge in [0.1, 0.15) is 0 Å². The van der Waals surface area contributed by atoms with Crippen LogP contribution in [0.15, 0.2) is 4.99 Å². The summed E-state index contributed by atoms with van der Waals surface area (Å²) in [7, 11) is 0. The molecule has 1 heterocycles. The molecule has 144 valence electrons. The molecule has 0 aromatic rings. The maximum atomic E-state index is 12.4. The summed E-state index contributed by atoms with van der Waals surface area (Å²) in [5.41, 5.74) is 0. The van der Waals surface area contributed by atoms with Crippen LogP contribution in [0.5, 0.6) is 0 Å². The average Bonchev–Trinajstić information content (AvgIpc) is 3.21. The summed E-state index contributed by atoms with van der Waals surface area (Å²) in [5, 5.41) is 9.23. The third-order valence-electron chi connectivity index (χ3n) is 4.13. The van der Waals surface area contributed by atoms with Crippen molar-refractivity contribution in [1.82, 2.24) is 20.9 Å². The lowest BCUT2D eigenvalue weighted by Crippen LogP contribution is -2.45. The largest absolute Gasteiger partial charge is 0.401 e. The minimum atomic E-state index is -4.16. The Hall–Kier alpha value is -1.51. The molecule has 0 radical (unpaired) electrons. The Bertz CT molecular complexity index is 465. The molecule has 1 atom stereocenters. The predicted octanol–water partition coefficient (Wildman–Crippen LogP) is 1.24. The Balaban J connectivity index is 1.69. The number of nitrogens with zero attached hydrogens (tertiary/aromatic N) is 2. The second-order valence-corrected chi connectivity index (χ2v) is 6.69. The second kappa shape index (κ2) is 9.26. The highest BCUT2D eigenvalue weighted by molar-refractivity contribution is 5.80. The van der Waals surface area contributed by atoms with Gasteiger partial charge in [-0.05, 0) is 32.6 Å². The van der Waals surface area contributed by atoms with E-state index in [2.05, 4.69) is 20.9 Å². The van der Waals surface area contributed by atoms with Crippen molar-refractivity contribution in [2.45, 2.75) is 57.3 Å². The number of carbonyl (C=O) groups is 1. The molecular weight excluding hydrogens is 335 g/mol.